The highest BCUT2D eigenvalue weighted by atomic mass is 19.1. The van der Waals surface area contributed by atoms with Gasteiger partial charge in [0.05, 0.1) is 24.4 Å². The summed E-state index contributed by atoms with van der Waals surface area (Å²) in [7, 11) is 0. The van der Waals surface area contributed by atoms with Crippen LogP contribution in [0.4, 0.5) is 4.39 Å². The first-order valence-electron chi connectivity index (χ1n) is 6.95. The summed E-state index contributed by atoms with van der Waals surface area (Å²) in [5.41, 5.74) is 3.07. The lowest BCUT2D eigenvalue weighted by atomic mass is 10.1. The van der Waals surface area contributed by atoms with Gasteiger partial charge in [0, 0.05) is 25.4 Å². The van der Waals surface area contributed by atoms with Crippen molar-refractivity contribution in [3.05, 3.63) is 58.9 Å². The standard InChI is InChI=1S/C16H16FN3O/c1-11-2-3-12(13(17)8-11)9-16(21)20-7-4-14-15(10-20)19-6-5-18-14/h2-3,5-6,8H,4,7,9-10H2,1H3. The predicted molar refractivity (Wildman–Crippen MR) is 76.0 cm³/mol. The van der Waals surface area contributed by atoms with Crippen LogP contribution in [0.2, 0.25) is 0 Å². The smallest absolute Gasteiger partial charge is 0.227 e. The number of aromatic nitrogens is 2. The Labute approximate surface area is 122 Å². The first kappa shape index (κ1) is 13.7. The van der Waals surface area contributed by atoms with E-state index in [0.717, 1.165) is 17.0 Å². The highest BCUT2D eigenvalue weighted by Gasteiger charge is 2.22. The van der Waals surface area contributed by atoms with Crippen molar-refractivity contribution < 1.29 is 9.18 Å². The summed E-state index contributed by atoms with van der Waals surface area (Å²) < 4.78 is 13.8. The van der Waals surface area contributed by atoms with E-state index in [4.69, 9.17) is 0 Å². The third-order valence-corrected chi connectivity index (χ3v) is 3.72. The minimum Gasteiger partial charge on any atom is -0.336 e. The number of halogens is 1. The molecule has 1 aliphatic rings. The molecule has 108 valence electrons. The molecule has 1 aromatic heterocycles. The minimum absolute atomic E-state index is 0.0749. The summed E-state index contributed by atoms with van der Waals surface area (Å²) in [6.07, 6.45) is 4.08. The van der Waals surface area contributed by atoms with E-state index in [0.29, 0.717) is 25.1 Å². The summed E-state index contributed by atoms with van der Waals surface area (Å²) in [5, 5.41) is 0. The fourth-order valence-corrected chi connectivity index (χ4v) is 2.52. The number of carbonyl (C=O) groups is 1. The highest BCUT2D eigenvalue weighted by molar-refractivity contribution is 5.79. The van der Waals surface area contributed by atoms with E-state index in [9.17, 15) is 9.18 Å². The SMILES string of the molecule is Cc1ccc(CC(=O)N2CCc3nccnc3C2)c(F)c1. The van der Waals surface area contributed by atoms with Gasteiger partial charge in [0.15, 0.2) is 0 Å². The summed E-state index contributed by atoms with van der Waals surface area (Å²) in [6, 6.07) is 4.96. The fourth-order valence-electron chi connectivity index (χ4n) is 2.52. The Balaban J connectivity index is 1.72. The van der Waals surface area contributed by atoms with E-state index >= 15 is 0 Å². The molecule has 0 fully saturated rings. The third kappa shape index (κ3) is 2.91. The zero-order valence-electron chi connectivity index (χ0n) is 11.8. The lowest BCUT2D eigenvalue weighted by Crippen LogP contribution is -2.37. The van der Waals surface area contributed by atoms with Crippen LogP contribution in [0, 0.1) is 12.7 Å². The van der Waals surface area contributed by atoms with Gasteiger partial charge in [-0.05, 0) is 24.1 Å². The molecule has 0 N–H and O–H groups in total. The minimum atomic E-state index is -0.319. The van der Waals surface area contributed by atoms with Crippen LogP contribution in [0.3, 0.4) is 0 Å². The van der Waals surface area contributed by atoms with E-state index in [-0.39, 0.29) is 18.1 Å². The number of amides is 1. The van der Waals surface area contributed by atoms with Crippen molar-refractivity contribution in [1.29, 1.82) is 0 Å². The molecule has 2 aromatic rings. The number of fused-ring (bicyclic) bond motifs is 1. The van der Waals surface area contributed by atoms with Crippen molar-refractivity contribution in [2.45, 2.75) is 26.3 Å². The van der Waals surface area contributed by atoms with Gasteiger partial charge in [0.1, 0.15) is 5.82 Å². The van der Waals surface area contributed by atoms with Crippen LogP contribution < -0.4 is 0 Å². The zero-order chi connectivity index (χ0) is 14.8. The van der Waals surface area contributed by atoms with Gasteiger partial charge in [-0.2, -0.15) is 0 Å². The van der Waals surface area contributed by atoms with E-state index in [2.05, 4.69) is 9.97 Å². The number of carbonyl (C=O) groups excluding carboxylic acids is 1. The van der Waals surface area contributed by atoms with E-state index in [1.807, 2.05) is 13.0 Å². The molecular weight excluding hydrogens is 269 g/mol. The Morgan fingerprint density at radius 1 is 1.29 bits per heavy atom. The maximum atomic E-state index is 13.8. The number of hydrogen-bond donors (Lipinski definition) is 0. The van der Waals surface area contributed by atoms with Gasteiger partial charge >= 0.3 is 0 Å². The summed E-state index contributed by atoms with van der Waals surface area (Å²) >= 11 is 0. The molecule has 0 saturated heterocycles. The molecule has 0 aliphatic carbocycles. The molecule has 0 radical (unpaired) electrons. The molecule has 1 aliphatic heterocycles. The first-order chi connectivity index (χ1) is 10.1. The van der Waals surface area contributed by atoms with Gasteiger partial charge < -0.3 is 4.90 Å². The predicted octanol–water partition coefficient (Wildman–Crippen LogP) is 2.05. The van der Waals surface area contributed by atoms with Gasteiger partial charge in [-0.3, -0.25) is 14.8 Å². The van der Waals surface area contributed by atoms with Gasteiger partial charge in [-0.15, -0.1) is 0 Å². The largest absolute Gasteiger partial charge is 0.336 e. The van der Waals surface area contributed by atoms with Gasteiger partial charge in [-0.1, -0.05) is 12.1 Å². The molecule has 0 saturated carbocycles. The molecule has 0 spiro atoms. The number of hydrogen-bond acceptors (Lipinski definition) is 3. The monoisotopic (exact) mass is 285 g/mol. The van der Waals surface area contributed by atoms with Crippen LogP contribution in [0.1, 0.15) is 22.5 Å². The number of nitrogens with zero attached hydrogens (tertiary/aromatic N) is 3. The zero-order valence-corrected chi connectivity index (χ0v) is 11.8. The number of benzene rings is 1. The second kappa shape index (κ2) is 5.60. The topological polar surface area (TPSA) is 46.1 Å². The molecule has 4 nitrogen and oxygen atoms in total. The fraction of sp³-hybridized carbons (Fsp3) is 0.312. The van der Waals surface area contributed by atoms with Gasteiger partial charge in [0.2, 0.25) is 5.91 Å². The van der Waals surface area contributed by atoms with Crippen LogP contribution in [0.25, 0.3) is 0 Å². The quantitative estimate of drug-likeness (QED) is 0.848. The Morgan fingerprint density at radius 2 is 2.05 bits per heavy atom. The first-order valence-corrected chi connectivity index (χ1v) is 6.95. The van der Waals surface area contributed by atoms with Crippen LogP contribution >= 0.6 is 0 Å². The molecule has 2 heterocycles. The van der Waals surface area contributed by atoms with E-state index in [1.54, 1.807) is 23.4 Å². The third-order valence-electron chi connectivity index (χ3n) is 3.72. The van der Waals surface area contributed by atoms with Crippen molar-refractivity contribution in [1.82, 2.24) is 14.9 Å². The van der Waals surface area contributed by atoms with Crippen molar-refractivity contribution >= 4 is 5.91 Å². The Morgan fingerprint density at radius 3 is 2.81 bits per heavy atom. The van der Waals surface area contributed by atoms with E-state index < -0.39 is 0 Å². The maximum Gasteiger partial charge on any atom is 0.227 e. The summed E-state index contributed by atoms with van der Waals surface area (Å²) in [4.78, 5) is 22.6. The molecule has 3 rings (SSSR count). The lowest BCUT2D eigenvalue weighted by Gasteiger charge is -2.27. The molecule has 21 heavy (non-hydrogen) atoms. The van der Waals surface area contributed by atoms with Crippen molar-refractivity contribution in [3.63, 3.8) is 0 Å². The number of rotatable bonds is 2. The normalized spacial score (nSPS) is 13.9. The second-order valence-electron chi connectivity index (χ2n) is 5.29. The summed E-state index contributed by atoms with van der Waals surface area (Å²) in [5.74, 6) is -0.394. The van der Waals surface area contributed by atoms with Crippen molar-refractivity contribution in [2.24, 2.45) is 0 Å². The Bertz CT molecular complexity index is 687. The lowest BCUT2D eigenvalue weighted by molar-refractivity contribution is -0.131. The maximum absolute atomic E-state index is 13.8. The molecular formula is C16H16FN3O. The average Bonchev–Trinajstić information content (AvgIpc) is 2.49. The van der Waals surface area contributed by atoms with Gasteiger partial charge in [-0.25, -0.2) is 4.39 Å². The Hall–Kier alpha value is -2.30. The van der Waals surface area contributed by atoms with Crippen LogP contribution in [0.5, 0.6) is 0 Å². The average molecular weight is 285 g/mol. The Kier molecular flexibility index (Phi) is 3.64. The summed E-state index contributed by atoms with van der Waals surface area (Å²) in [6.45, 7) is 2.89. The molecule has 1 amide bonds. The molecule has 1 aromatic carbocycles. The molecule has 0 atom stereocenters. The number of aryl methyl sites for hydroxylation is 1. The molecule has 5 heteroatoms. The van der Waals surface area contributed by atoms with Crippen molar-refractivity contribution in [3.8, 4) is 0 Å². The van der Waals surface area contributed by atoms with Crippen LogP contribution in [-0.2, 0) is 24.2 Å². The van der Waals surface area contributed by atoms with Crippen LogP contribution in [-0.4, -0.2) is 27.3 Å². The second-order valence-corrected chi connectivity index (χ2v) is 5.29. The molecule has 0 unspecified atom stereocenters. The van der Waals surface area contributed by atoms with Crippen molar-refractivity contribution in [2.75, 3.05) is 6.54 Å². The highest BCUT2D eigenvalue weighted by Crippen LogP contribution is 2.17. The van der Waals surface area contributed by atoms with E-state index in [1.165, 1.54) is 6.07 Å². The molecule has 0 bridgehead atoms. The van der Waals surface area contributed by atoms with Crippen LogP contribution in [0.15, 0.2) is 30.6 Å². The van der Waals surface area contributed by atoms with Gasteiger partial charge in [0.25, 0.3) is 0 Å².